The van der Waals surface area contributed by atoms with Crippen LogP contribution < -0.4 is 4.74 Å². The molecule has 2 heterocycles. The largest absolute Gasteiger partial charge is 0.497 e. The summed E-state index contributed by atoms with van der Waals surface area (Å²) in [6.07, 6.45) is -0.850. The summed E-state index contributed by atoms with van der Waals surface area (Å²) in [4.78, 5) is 43.0. The Morgan fingerprint density at radius 3 is 2.47 bits per heavy atom. The van der Waals surface area contributed by atoms with Crippen LogP contribution in [0.4, 0.5) is 0 Å². The molecular formula is C28H33NO7. The van der Waals surface area contributed by atoms with Gasteiger partial charge in [-0.15, -0.1) is 0 Å². The van der Waals surface area contributed by atoms with Crippen molar-refractivity contribution in [2.24, 2.45) is 5.92 Å². The minimum atomic E-state index is -1.76. The molecule has 0 bridgehead atoms. The molecule has 4 rings (SSSR count). The number of hydrogen-bond donors (Lipinski definition) is 0. The summed E-state index contributed by atoms with van der Waals surface area (Å²) in [5, 5.41) is 0. The highest BCUT2D eigenvalue weighted by molar-refractivity contribution is 6.11. The number of methoxy groups -OCH3 is 1. The van der Waals surface area contributed by atoms with Crippen molar-refractivity contribution in [2.75, 3.05) is 20.3 Å². The van der Waals surface area contributed by atoms with E-state index in [1.165, 1.54) is 7.11 Å². The topological polar surface area (TPSA) is 91.4 Å². The molecule has 1 amide bonds. The van der Waals surface area contributed by atoms with E-state index in [1.54, 1.807) is 56.9 Å². The summed E-state index contributed by atoms with van der Waals surface area (Å²) in [6.45, 7) is 7.28. The van der Waals surface area contributed by atoms with Crippen LogP contribution in [-0.2, 0) is 34.0 Å². The third-order valence-corrected chi connectivity index (χ3v) is 6.64. The number of carbonyl (C=O) groups is 3. The molecule has 0 N–H and O–H groups in total. The molecule has 0 aliphatic carbocycles. The second-order valence-electron chi connectivity index (χ2n) is 10.0. The van der Waals surface area contributed by atoms with E-state index in [1.807, 2.05) is 30.3 Å². The van der Waals surface area contributed by atoms with Crippen LogP contribution in [0.25, 0.3) is 0 Å². The fourth-order valence-corrected chi connectivity index (χ4v) is 5.28. The smallest absolute Gasteiger partial charge is 0.326 e. The molecule has 2 fully saturated rings. The van der Waals surface area contributed by atoms with E-state index in [9.17, 15) is 14.4 Å². The lowest BCUT2D eigenvalue weighted by atomic mass is 9.68. The van der Waals surface area contributed by atoms with Gasteiger partial charge in [0, 0.05) is 11.5 Å². The van der Waals surface area contributed by atoms with Crippen molar-refractivity contribution < 1.29 is 33.3 Å². The Labute approximate surface area is 211 Å². The zero-order valence-corrected chi connectivity index (χ0v) is 21.4. The first-order chi connectivity index (χ1) is 17.1. The zero-order chi connectivity index (χ0) is 26.1. The van der Waals surface area contributed by atoms with Gasteiger partial charge in [0.05, 0.1) is 32.8 Å². The molecule has 192 valence electrons. The van der Waals surface area contributed by atoms with Crippen LogP contribution in [0.3, 0.4) is 0 Å². The van der Waals surface area contributed by atoms with Gasteiger partial charge in [0.25, 0.3) is 0 Å². The zero-order valence-electron chi connectivity index (χ0n) is 21.4. The second kappa shape index (κ2) is 9.93. The molecule has 2 aromatic carbocycles. The Morgan fingerprint density at radius 2 is 1.83 bits per heavy atom. The number of ether oxygens (including phenoxy) is 4. The van der Waals surface area contributed by atoms with E-state index in [4.69, 9.17) is 18.9 Å². The van der Waals surface area contributed by atoms with E-state index in [2.05, 4.69) is 0 Å². The second-order valence-corrected chi connectivity index (χ2v) is 10.0. The van der Waals surface area contributed by atoms with Gasteiger partial charge in [0.2, 0.25) is 5.91 Å². The van der Waals surface area contributed by atoms with Crippen LogP contribution in [0.2, 0.25) is 0 Å². The Kier molecular flexibility index (Phi) is 7.09. The molecular weight excluding hydrogens is 462 g/mol. The first kappa shape index (κ1) is 25.7. The molecule has 2 saturated heterocycles. The number of esters is 2. The van der Waals surface area contributed by atoms with Crippen molar-refractivity contribution in [2.45, 2.75) is 57.4 Å². The lowest BCUT2D eigenvalue weighted by Crippen LogP contribution is -2.50. The third kappa shape index (κ3) is 4.46. The van der Waals surface area contributed by atoms with Gasteiger partial charge in [0.1, 0.15) is 11.4 Å². The highest BCUT2D eigenvalue weighted by Crippen LogP contribution is 2.53. The van der Waals surface area contributed by atoms with Crippen molar-refractivity contribution in [3.8, 4) is 5.75 Å². The summed E-state index contributed by atoms with van der Waals surface area (Å²) in [7, 11) is 1.52. The van der Waals surface area contributed by atoms with E-state index in [0.717, 1.165) is 5.56 Å². The number of nitrogens with zero attached hydrogens (tertiary/aromatic N) is 1. The van der Waals surface area contributed by atoms with Crippen molar-refractivity contribution in [3.05, 3.63) is 65.7 Å². The van der Waals surface area contributed by atoms with Gasteiger partial charge in [-0.2, -0.15) is 0 Å². The van der Waals surface area contributed by atoms with E-state index < -0.39 is 47.0 Å². The van der Waals surface area contributed by atoms with Gasteiger partial charge in [0.15, 0.2) is 11.6 Å². The molecule has 0 saturated carbocycles. The Balaban J connectivity index is 1.88. The Hall–Kier alpha value is -3.39. The number of amides is 1. The molecule has 0 radical (unpaired) electrons. The standard InChI is InChI=1S/C28H33NO7/c1-6-34-26(32)28(19-13-10-14-20(15-19)33-5)21(16-23(30)36-27(2,3)4)22-17-35-24(29(22)25(28)31)18-11-8-7-9-12-18/h7-15,21-22,24H,6,16-17H2,1-5H3/t21-,22-,24-,28+/m1/s1. The highest BCUT2D eigenvalue weighted by Gasteiger charge is 2.69. The van der Waals surface area contributed by atoms with Crippen LogP contribution in [0.5, 0.6) is 5.75 Å². The summed E-state index contributed by atoms with van der Waals surface area (Å²) < 4.78 is 22.6. The van der Waals surface area contributed by atoms with Gasteiger partial charge in [-0.05, 0) is 45.4 Å². The predicted molar refractivity (Wildman–Crippen MR) is 131 cm³/mol. The molecule has 36 heavy (non-hydrogen) atoms. The maximum absolute atomic E-state index is 14.4. The molecule has 8 nitrogen and oxygen atoms in total. The quantitative estimate of drug-likeness (QED) is 0.426. The van der Waals surface area contributed by atoms with Crippen molar-refractivity contribution in [1.82, 2.24) is 4.90 Å². The van der Waals surface area contributed by atoms with Gasteiger partial charge in [-0.25, -0.2) is 0 Å². The molecule has 0 unspecified atom stereocenters. The average Bonchev–Trinajstić information content (AvgIpc) is 3.37. The van der Waals surface area contributed by atoms with Crippen molar-refractivity contribution in [3.63, 3.8) is 0 Å². The van der Waals surface area contributed by atoms with E-state index in [-0.39, 0.29) is 19.6 Å². The Morgan fingerprint density at radius 1 is 1.11 bits per heavy atom. The lowest BCUT2D eigenvalue weighted by Gasteiger charge is -2.33. The van der Waals surface area contributed by atoms with E-state index in [0.29, 0.717) is 11.3 Å². The Bertz CT molecular complexity index is 1130. The number of hydrogen-bond acceptors (Lipinski definition) is 7. The van der Waals surface area contributed by atoms with Gasteiger partial charge in [-0.3, -0.25) is 14.4 Å². The fraction of sp³-hybridized carbons (Fsp3) is 0.464. The minimum Gasteiger partial charge on any atom is -0.497 e. The maximum atomic E-state index is 14.4. The molecule has 8 heteroatoms. The summed E-state index contributed by atoms with van der Waals surface area (Å²) >= 11 is 0. The molecule has 4 atom stereocenters. The molecule has 2 aliphatic rings. The number of fused-ring (bicyclic) bond motifs is 1. The van der Waals surface area contributed by atoms with Crippen LogP contribution in [0.1, 0.15) is 51.5 Å². The van der Waals surface area contributed by atoms with E-state index >= 15 is 0 Å². The highest BCUT2D eigenvalue weighted by atomic mass is 16.6. The van der Waals surface area contributed by atoms with Gasteiger partial charge >= 0.3 is 11.9 Å². The monoisotopic (exact) mass is 495 g/mol. The maximum Gasteiger partial charge on any atom is 0.326 e. The average molecular weight is 496 g/mol. The van der Waals surface area contributed by atoms with Crippen molar-refractivity contribution >= 4 is 17.8 Å². The number of carbonyl (C=O) groups excluding carboxylic acids is 3. The number of benzene rings is 2. The molecule has 2 aliphatic heterocycles. The summed E-state index contributed by atoms with van der Waals surface area (Å²) in [5.74, 6) is -1.94. The van der Waals surface area contributed by atoms with Crippen LogP contribution in [0.15, 0.2) is 54.6 Å². The van der Waals surface area contributed by atoms with Crippen LogP contribution in [0, 0.1) is 5.92 Å². The van der Waals surface area contributed by atoms with Gasteiger partial charge < -0.3 is 23.8 Å². The van der Waals surface area contributed by atoms with Crippen molar-refractivity contribution in [1.29, 1.82) is 0 Å². The first-order valence-electron chi connectivity index (χ1n) is 12.2. The summed E-state index contributed by atoms with van der Waals surface area (Å²) in [5.41, 5.74) is -1.28. The summed E-state index contributed by atoms with van der Waals surface area (Å²) in [6, 6.07) is 15.7. The molecule has 0 aromatic heterocycles. The van der Waals surface area contributed by atoms with Crippen LogP contribution in [-0.4, -0.2) is 54.7 Å². The lowest BCUT2D eigenvalue weighted by molar-refractivity contribution is -0.161. The third-order valence-electron chi connectivity index (χ3n) is 6.64. The molecule has 2 aromatic rings. The van der Waals surface area contributed by atoms with Crippen LogP contribution >= 0.6 is 0 Å². The SMILES string of the molecule is CCOC(=O)[C@]1(c2cccc(OC)c2)C(=O)N2[C@@H](c3ccccc3)OC[C@@H]2[C@H]1CC(=O)OC(C)(C)C. The molecule has 0 spiro atoms. The predicted octanol–water partition coefficient (Wildman–Crippen LogP) is 3.78. The minimum absolute atomic E-state index is 0.0836. The van der Waals surface area contributed by atoms with Gasteiger partial charge in [-0.1, -0.05) is 42.5 Å². The normalized spacial score (nSPS) is 25.4. The number of rotatable bonds is 7. The fourth-order valence-electron chi connectivity index (χ4n) is 5.28. The first-order valence-corrected chi connectivity index (χ1v) is 12.2.